The molecule has 1 unspecified atom stereocenters. The molecule has 0 bridgehead atoms. The minimum atomic E-state index is 0.255. The van der Waals surface area contributed by atoms with Crippen molar-refractivity contribution in [3.8, 4) is 5.75 Å². The molecule has 2 aliphatic rings. The summed E-state index contributed by atoms with van der Waals surface area (Å²) in [6.07, 6.45) is 6.90. The Morgan fingerprint density at radius 3 is 2.67 bits per heavy atom. The number of hydrogen-bond acceptors (Lipinski definition) is 2. The van der Waals surface area contributed by atoms with E-state index in [0.717, 1.165) is 49.5 Å². The molecule has 0 N–H and O–H groups in total. The number of rotatable bonds is 8. The van der Waals surface area contributed by atoms with Crippen LogP contribution in [0, 0.1) is 11.8 Å². The Labute approximate surface area is 127 Å². The standard InChI is InChI=1S/C19H26O2/c1-3-4-12-21-19-16(13(2)14-8-9-14)6-5-7-17(19)18(20)15-10-11-15/h5-7,13-15H,3-4,8-12H2,1-2H3. The normalized spacial score (nSPS) is 19.3. The number of ether oxygens (including phenoxy) is 1. The van der Waals surface area contributed by atoms with Gasteiger partial charge in [-0.15, -0.1) is 0 Å². The summed E-state index contributed by atoms with van der Waals surface area (Å²) in [5, 5.41) is 0. The lowest BCUT2D eigenvalue weighted by Crippen LogP contribution is -2.10. The van der Waals surface area contributed by atoms with Crippen LogP contribution in [0.4, 0.5) is 0 Å². The summed E-state index contributed by atoms with van der Waals surface area (Å²) in [6, 6.07) is 6.16. The van der Waals surface area contributed by atoms with Gasteiger partial charge in [0.25, 0.3) is 0 Å². The van der Waals surface area contributed by atoms with E-state index >= 15 is 0 Å². The molecule has 21 heavy (non-hydrogen) atoms. The fourth-order valence-electron chi connectivity index (χ4n) is 3.00. The highest BCUT2D eigenvalue weighted by Gasteiger charge is 2.35. The van der Waals surface area contributed by atoms with Gasteiger partial charge >= 0.3 is 0 Å². The summed E-state index contributed by atoms with van der Waals surface area (Å²) >= 11 is 0. The van der Waals surface area contributed by atoms with E-state index in [2.05, 4.69) is 19.9 Å². The fourth-order valence-corrected chi connectivity index (χ4v) is 3.00. The van der Waals surface area contributed by atoms with E-state index in [1.54, 1.807) is 0 Å². The molecule has 2 fully saturated rings. The number of unbranched alkanes of at least 4 members (excludes halogenated alkanes) is 1. The average Bonchev–Trinajstić information content (AvgIpc) is 3.39. The van der Waals surface area contributed by atoms with Crippen molar-refractivity contribution in [1.82, 2.24) is 0 Å². The highest BCUT2D eigenvalue weighted by atomic mass is 16.5. The Balaban J connectivity index is 1.89. The van der Waals surface area contributed by atoms with Gasteiger partial charge in [0.15, 0.2) is 5.78 Å². The van der Waals surface area contributed by atoms with Gasteiger partial charge in [0.2, 0.25) is 0 Å². The van der Waals surface area contributed by atoms with Crippen molar-refractivity contribution in [2.24, 2.45) is 11.8 Å². The van der Waals surface area contributed by atoms with Crippen molar-refractivity contribution in [1.29, 1.82) is 0 Å². The van der Waals surface area contributed by atoms with Gasteiger partial charge in [-0.05, 0) is 55.6 Å². The van der Waals surface area contributed by atoms with Crippen LogP contribution in [-0.4, -0.2) is 12.4 Å². The summed E-state index contributed by atoms with van der Waals surface area (Å²) in [5.41, 5.74) is 2.08. The Hall–Kier alpha value is -1.31. The zero-order valence-corrected chi connectivity index (χ0v) is 13.2. The van der Waals surface area contributed by atoms with Crippen LogP contribution >= 0.6 is 0 Å². The summed E-state index contributed by atoms with van der Waals surface area (Å²) < 4.78 is 6.09. The monoisotopic (exact) mass is 286 g/mol. The molecule has 1 atom stereocenters. The van der Waals surface area contributed by atoms with Crippen LogP contribution in [0.1, 0.15) is 74.2 Å². The lowest BCUT2D eigenvalue weighted by molar-refractivity contribution is 0.0963. The third-order valence-corrected chi connectivity index (χ3v) is 4.82. The molecule has 2 nitrogen and oxygen atoms in total. The number of carbonyl (C=O) groups is 1. The molecule has 114 valence electrons. The predicted molar refractivity (Wildman–Crippen MR) is 85.0 cm³/mol. The summed E-state index contributed by atoms with van der Waals surface area (Å²) in [4.78, 5) is 12.5. The molecule has 1 aromatic rings. The Kier molecular flexibility index (Phi) is 4.32. The van der Waals surface area contributed by atoms with Gasteiger partial charge in [-0.2, -0.15) is 0 Å². The summed E-state index contributed by atoms with van der Waals surface area (Å²) in [5.74, 6) is 2.73. The lowest BCUT2D eigenvalue weighted by atomic mass is 9.92. The van der Waals surface area contributed by atoms with Gasteiger partial charge in [-0.1, -0.05) is 32.4 Å². The Bertz CT molecular complexity index is 512. The SMILES string of the molecule is CCCCOc1c(C(=O)C2CC2)cccc1C(C)C1CC1. The lowest BCUT2D eigenvalue weighted by Gasteiger charge is -2.19. The molecule has 3 rings (SSSR count). The van der Waals surface area contributed by atoms with Gasteiger partial charge in [-0.25, -0.2) is 0 Å². The van der Waals surface area contributed by atoms with E-state index < -0.39 is 0 Å². The van der Waals surface area contributed by atoms with Crippen molar-refractivity contribution in [2.45, 2.75) is 58.3 Å². The number of carbonyl (C=O) groups excluding carboxylic acids is 1. The first-order chi connectivity index (χ1) is 10.2. The van der Waals surface area contributed by atoms with Crippen LogP contribution in [0.2, 0.25) is 0 Å². The quantitative estimate of drug-likeness (QED) is 0.498. The fraction of sp³-hybridized carbons (Fsp3) is 0.632. The van der Waals surface area contributed by atoms with Crippen molar-refractivity contribution in [2.75, 3.05) is 6.61 Å². The van der Waals surface area contributed by atoms with Crippen molar-refractivity contribution < 1.29 is 9.53 Å². The van der Waals surface area contributed by atoms with E-state index in [0.29, 0.717) is 11.7 Å². The first-order valence-corrected chi connectivity index (χ1v) is 8.52. The van der Waals surface area contributed by atoms with Crippen LogP contribution in [0.25, 0.3) is 0 Å². The van der Waals surface area contributed by atoms with Crippen molar-refractivity contribution in [3.05, 3.63) is 29.3 Å². The van der Waals surface area contributed by atoms with E-state index in [-0.39, 0.29) is 5.92 Å². The minimum absolute atomic E-state index is 0.255. The van der Waals surface area contributed by atoms with Gasteiger partial charge in [0.1, 0.15) is 5.75 Å². The molecule has 0 amide bonds. The molecule has 0 saturated heterocycles. The predicted octanol–water partition coefficient (Wildman–Crippen LogP) is 4.97. The molecule has 1 aromatic carbocycles. The number of ketones is 1. The van der Waals surface area contributed by atoms with Gasteiger partial charge in [-0.3, -0.25) is 4.79 Å². The second-order valence-corrected chi connectivity index (χ2v) is 6.69. The van der Waals surface area contributed by atoms with E-state index in [4.69, 9.17) is 4.74 Å². The van der Waals surface area contributed by atoms with Gasteiger partial charge < -0.3 is 4.74 Å². The van der Waals surface area contributed by atoms with Crippen molar-refractivity contribution >= 4 is 5.78 Å². The zero-order valence-electron chi connectivity index (χ0n) is 13.2. The molecule has 2 heteroatoms. The van der Waals surface area contributed by atoms with Gasteiger partial charge in [0, 0.05) is 5.92 Å². The van der Waals surface area contributed by atoms with E-state index in [1.165, 1.54) is 18.4 Å². The van der Waals surface area contributed by atoms with Crippen LogP contribution in [0.15, 0.2) is 18.2 Å². The molecular weight excluding hydrogens is 260 g/mol. The third-order valence-electron chi connectivity index (χ3n) is 4.82. The van der Waals surface area contributed by atoms with Crippen LogP contribution in [0.5, 0.6) is 5.75 Å². The van der Waals surface area contributed by atoms with E-state index in [1.807, 2.05) is 12.1 Å². The number of para-hydroxylation sites is 1. The smallest absolute Gasteiger partial charge is 0.169 e. The second-order valence-electron chi connectivity index (χ2n) is 6.69. The molecule has 0 heterocycles. The topological polar surface area (TPSA) is 26.3 Å². The maximum Gasteiger partial charge on any atom is 0.169 e. The number of Topliss-reactive ketones (excluding diaryl/α,β-unsaturated/α-hetero) is 1. The minimum Gasteiger partial charge on any atom is -0.493 e. The van der Waals surface area contributed by atoms with Crippen LogP contribution < -0.4 is 4.74 Å². The first kappa shape index (κ1) is 14.6. The maximum atomic E-state index is 12.5. The second kappa shape index (κ2) is 6.21. The summed E-state index contributed by atoms with van der Waals surface area (Å²) in [6.45, 7) is 5.17. The molecule has 0 aliphatic heterocycles. The van der Waals surface area contributed by atoms with Crippen molar-refractivity contribution in [3.63, 3.8) is 0 Å². The largest absolute Gasteiger partial charge is 0.493 e. The molecule has 2 saturated carbocycles. The number of hydrogen-bond donors (Lipinski definition) is 0. The Morgan fingerprint density at radius 2 is 2.05 bits per heavy atom. The molecule has 2 aliphatic carbocycles. The van der Waals surface area contributed by atoms with E-state index in [9.17, 15) is 4.79 Å². The third kappa shape index (κ3) is 3.30. The van der Waals surface area contributed by atoms with Crippen LogP contribution in [0.3, 0.4) is 0 Å². The number of benzene rings is 1. The average molecular weight is 286 g/mol. The highest BCUT2D eigenvalue weighted by Crippen LogP contribution is 2.46. The molecule has 0 radical (unpaired) electrons. The molecule has 0 aromatic heterocycles. The molecule has 0 spiro atoms. The Morgan fingerprint density at radius 1 is 1.29 bits per heavy atom. The summed E-state index contributed by atoms with van der Waals surface area (Å²) in [7, 11) is 0. The molecular formula is C19H26O2. The zero-order chi connectivity index (χ0) is 14.8. The highest BCUT2D eigenvalue weighted by molar-refractivity contribution is 6.02. The van der Waals surface area contributed by atoms with Gasteiger partial charge in [0.05, 0.1) is 12.2 Å². The van der Waals surface area contributed by atoms with Crippen LogP contribution in [-0.2, 0) is 0 Å². The maximum absolute atomic E-state index is 12.5. The first-order valence-electron chi connectivity index (χ1n) is 8.52.